The van der Waals surface area contributed by atoms with Crippen LogP contribution in [0.4, 0.5) is 5.82 Å². The third-order valence-corrected chi connectivity index (χ3v) is 11.3. The summed E-state index contributed by atoms with van der Waals surface area (Å²) in [6.45, 7) is 2.07. The minimum Gasteiger partial charge on any atom is -0.386 e. The van der Waals surface area contributed by atoms with Gasteiger partial charge in [0.15, 0.2) is 28.6 Å². The fourth-order valence-electron chi connectivity index (χ4n) is 4.74. The van der Waals surface area contributed by atoms with Crippen LogP contribution in [0, 0.1) is 5.41 Å². The maximum Gasteiger partial charge on any atom is 0.481 e. The average Bonchev–Trinajstić information content (AvgIpc) is 3.57. The number of thioether (sulfide) groups is 1. The first kappa shape index (κ1) is 43.4. The lowest BCUT2D eigenvalue weighted by atomic mass is 9.84. The second-order valence-corrected chi connectivity index (χ2v) is 17.5. The zero-order valence-corrected chi connectivity index (χ0v) is 31.0. The van der Waals surface area contributed by atoms with E-state index in [1.165, 1.54) is 20.8 Å². The van der Waals surface area contributed by atoms with Crippen LogP contribution in [0.3, 0.4) is 0 Å². The molecule has 2 aromatic rings. The predicted molar refractivity (Wildman–Crippen MR) is 175 cm³/mol. The maximum atomic E-state index is 12.6. The lowest BCUT2D eigenvalue weighted by Crippen LogP contribution is -2.39. The molecule has 0 spiro atoms. The highest BCUT2D eigenvalue weighted by atomic mass is 32.2. The van der Waals surface area contributed by atoms with Crippen LogP contribution in [-0.2, 0) is 50.7 Å². The molecule has 288 valence electrons. The Balaban J connectivity index is 1.55. The molecule has 0 aromatic carbocycles. The number of ether oxygens (including phenoxy) is 1. The first-order valence-corrected chi connectivity index (χ1v) is 20.5. The van der Waals surface area contributed by atoms with Gasteiger partial charge in [0.1, 0.15) is 42.0 Å². The second kappa shape index (κ2) is 17.9. The van der Waals surface area contributed by atoms with Crippen LogP contribution in [-0.4, -0.2) is 109 Å². The Hall–Kier alpha value is -2.04. The molecule has 3 heterocycles. The van der Waals surface area contributed by atoms with Gasteiger partial charge in [-0.3, -0.25) is 32.5 Å². The van der Waals surface area contributed by atoms with E-state index in [9.17, 15) is 57.9 Å². The molecule has 1 saturated heterocycles. The number of phosphoric ester groups is 3. The van der Waals surface area contributed by atoms with Gasteiger partial charge in [-0.1, -0.05) is 25.6 Å². The van der Waals surface area contributed by atoms with Crippen LogP contribution >= 0.6 is 35.2 Å². The van der Waals surface area contributed by atoms with E-state index >= 15 is 0 Å². The van der Waals surface area contributed by atoms with Gasteiger partial charge >= 0.3 is 23.5 Å². The Kier molecular flexibility index (Phi) is 15.2. The third-order valence-electron chi connectivity index (χ3n) is 7.27. The molecule has 0 amide bonds. The highest BCUT2D eigenvalue weighted by Crippen LogP contribution is 2.61. The first-order chi connectivity index (χ1) is 23.5. The lowest BCUT2D eigenvalue weighted by Gasteiger charge is -2.30. The molecule has 3 rings (SSSR count). The molecule has 22 nitrogen and oxygen atoms in total. The van der Waals surface area contributed by atoms with Crippen molar-refractivity contribution in [1.82, 2.24) is 19.5 Å². The van der Waals surface area contributed by atoms with Gasteiger partial charge in [-0.15, -0.1) is 0 Å². The van der Waals surface area contributed by atoms with E-state index in [2.05, 4.69) is 23.8 Å². The van der Waals surface area contributed by atoms with Crippen molar-refractivity contribution < 1.29 is 80.5 Å². The summed E-state index contributed by atoms with van der Waals surface area (Å²) in [5.41, 5.74) is 4.36. The molecule has 0 aliphatic carbocycles. The number of nitrogens with two attached hydrogens (primary N) is 1. The predicted octanol–water partition coefficient (Wildman–Crippen LogP) is 1.15. The van der Waals surface area contributed by atoms with Crippen molar-refractivity contribution in [2.24, 2.45) is 5.41 Å². The molecular formula is C25H40N5O17P3S. The van der Waals surface area contributed by atoms with Crippen LogP contribution in [0.15, 0.2) is 12.7 Å². The first-order valence-electron chi connectivity index (χ1n) is 15.0. The number of fused-ring (bicyclic) bond motifs is 1. The zero-order chi connectivity index (χ0) is 38.4. The van der Waals surface area contributed by atoms with Crippen LogP contribution < -0.4 is 5.73 Å². The largest absolute Gasteiger partial charge is 0.481 e. The van der Waals surface area contributed by atoms with Crippen LogP contribution in [0.5, 0.6) is 0 Å². The van der Waals surface area contributed by atoms with E-state index < -0.39 is 78.5 Å². The number of hydrogen-bond acceptors (Lipinski definition) is 18. The topological polar surface area (TPSA) is 340 Å². The lowest BCUT2D eigenvalue weighted by molar-refractivity contribution is -0.134. The fraction of sp³-hybridized carbons (Fsp3) is 0.680. The van der Waals surface area contributed by atoms with E-state index in [4.69, 9.17) is 19.5 Å². The monoisotopic (exact) mass is 807 g/mol. The van der Waals surface area contributed by atoms with Crippen molar-refractivity contribution in [3.8, 4) is 0 Å². The molecule has 3 unspecified atom stereocenters. The summed E-state index contributed by atoms with van der Waals surface area (Å²) in [5.74, 6) is -0.358. The zero-order valence-electron chi connectivity index (χ0n) is 27.5. The number of hydrogen-bond donors (Lipinski definition) is 7. The summed E-state index contributed by atoms with van der Waals surface area (Å²) in [6.07, 6.45) is -5.82. The number of aromatic nitrogens is 4. The summed E-state index contributed by atoms with van der Waals surface area (Å²) < 4.78 is 62.0. The van der Waals surface area contributed by atoms with Gasteiger partial charge in [0.05, 0.1) is 19.5 Å². The van der Waals surface area contributed by atoms with Gasteiger partial charge in [0, 0.05) is 37.4 Å². The van der Waals surface area contributed by atoms with Crippen LogP contribution in [0.25, 0.3) is 11.2 Å². The number of aliphatic hydroxyl groups excluding tert-OH is 2. The number of Topliss-reactive ketones (excluding diaryl/α,β-unsaturated/α-hetero) is 2. The number of carbonyl (C=O) groups is 3. The molecule has 1 aliphatic rings. The standard InChI is InChI=1S/C25H40N5O17P3S/c1-14(31)51-9-5-7-15(32)6-4-8-16(33)21(35)25(2,3)11-44-50(41,42)47-49(39,40)43-10-17-20(46-48(36,37)38)19(34)24(45-17)30-13-29-18-22(26)27-12-28-23(18)30/h12-13,17,19-21,24,34-35H,4-11H2,1-3H3,(H,39,40)(H,41,42)(H2,26,27,28)(H2,36,37,38)/t17-,19+,20?,21+,24-/m1/s1. The van der Waals surface area contributed by atoms with Gasteiger partial charge in [-0.05, 0) is 12.8 Å². The Morgan fingerprint density at radius 2 is 1.69 bits per heavy atom. The van der Waals surface area contributed by atoms with Crippen molar-refractivity contribution in [2.75, 3.05) is 24.7 Å². The third kappa shape index (κ3) is 13.1. The summed E-state index contributed by atoms with van der Waals surface area (Å²) in [7, 11) is -16.3. The van der Waals surface area contributed by atoms with Crippen molar-refractivity contribution in [2.45, 2.75) is 83.5 Å². The van der Waals surface area contributed by atoms with Crippen molar-refractivity contribution in [3.63, 3.8) is 0 Å². The molecule has 0 saturated carbocycles. The van der Waals surface area contributed by atoms with Gasteiger partial charge in [0.25, 0.3) is 0 Å². The highest BCUT2D eigenvalue weighted by Gasteiger charge is 2.50. The summed E-state index contributed by atoms with van der Waals surface area (Å²) in [6, 6.07) is 0. The number of aliphatic hydroxyl groups is 2. The molecular weight excluding hydrogens is 767 g/mol. The average molecular weight is 808 g/mol. The Bertz CT molecular complexity index is 1710. The minimum absolute atomic E-state index is 0.0367. The smallest absolute Gasteiger partial charge is 0.386 e. The molecule has 1 fully saturated rings. The summed E-state index contributed by atoms with van der Waals surface area (Å²) in [4.78, 5) is 86.3. The molecule has 0 bridgehead atoms. The van der Waals surface area contributed by atoms with E-state index in [1.54, 1.807) is 0 Å². The van der Waals surface area contributed by atoms with E-state index in [-0.39, 0.29) is 53.6 Å². The number of imidazole rings is 1. The molecule has 51 heavy (non-hydrogen) atoms. The number of nitrogen functional groups attached to an aromatic ring is 1. The Morgan fingerprint density at radius 3 is 2.33 bits per heavy atom. The van der Waals surface area contributed by atoms with E-state index in [0.29, 0.717) is 12.2 Å². The summed E-state index contributed by atoms with van der Waals surface area (Å²) in [5, 5.41) is 21.3. The molecule has 1 aliphatic heterocycles. The molecule has 0 radical (unpaired) electrons. The fourth-order valence-corrected chi connectivity index (χ4v) is 8.15. The molecule has 7 atom stereocenters. The van der Waals surface area contributed by atoms with Gasteiger partial charge in [-0.2, -0.15) is 4.31 Å². The number of phosphoric acid groups is 3. The SMILES string of the molecule is CC(=O)SCCCC(=O)CCCC(=O)[C@H](O)C(C)(C)COP(=O)(O)OP(=O)(O)OC[C@H]1O[C@@H](n2cnc3c(N)ncnc32)[C@@H](O)C1OP(=O)(O)O. The van der Waals surface area contributed by atoms with Gasteiger partial charge < -0.3 is 40.3 Å². The molecule has 2 aromatic heterocycles. The van der Waals surface area contributed by atoms with Gasteiger partial charge in [0.2, 0.25) is 0 Å². The summed E-state index contributed by atoms with van der Waals surface area (Å²) >= 11 is 1.10. The van der Waals surface area contributed by atoms with Crippen molar-refractivity contribution >= 4 is 68.9 Å². The normalized spacial score (nSPS) is 22.8. The molecule has 8 N–H and O–H groups in total. The number of nitrogens with zero attached hydrogens (tertiary/aromatic N) is 4. The van der Waals surface area contributed by atoms with E-state index in [0.717, 1.165) is 29.0 Å². The second-order valence-electron chi connectivity index (χ2n) is 12.0. The minimum atomic E-state index is -5.54. The molecule has 26 heteroatoms. The number of ketones is 2. The maximum absolute atomic E-state index is 12.6. The van der Waals surface area contributed by atoms with Crippen LogP contribution in [0.1, 0.15) is 59.1 Å². The van der Waals surface area contributed by atoms with Crippen LogP contribution in [0.2, 0.25) is 0 Å². The highest BCUT2D eigenvalue weighted by molar-refractivity contribution is 8.13. The number of rotatable bonds is 21. The Labute approximate surface area is 294 Å². The van der Waals surface area contributed by atoms with Crippen molar-refractivity contribution in [3.05, 3.63) is 12.7 Å². The Morgan fingerprint density at radius 1 is 1.04 bits per heavy atom. The quantitative estimate of drug-likeness (QED) is 0.0687. The van der Waals surface area contributed by atoms with E-state index in [1.807, 2.05) is 0 Å². The number of anilines is 1. The number of carbonyl (C=O) groups excluding carboxylic acids is 3. The van der Waals surface area contributed by atoms with Crippen molar-refractivity contribution in [1.29, 1.82) is 0 Å². The van der Waals surface area contributed by atoms with Gasteiger partial charge in [-0.25, -0.2) is 28.6 Å².